The number of aromatic nitrogens is 2. The normalized spacial score (nSPS) is 14.8. The van der Waals surface area contributed by atoms with Crippen LogP contribution in [0.3, 0.4) is 0 Å². The van der Waals surface area contributed by atoms with Crippen LogP contribution in [-0.4, -0.2) is 28.6 Å². The van der Waals surface area contributed by atoms with E-state index in [1.807, 2.05) is 39.0 Å². The van der Waals surface area contributed by atoms with Crippen molar-refractivity contribution < 1.29 is 9.47 Å². The van der Waals surface area contributed by atoms with Crippen LogP contribution in [0.1, 0.15) is 70.2 Å². The van der Waals surface area contributed by atoms with Crippen LogP contribution in [0, 0.1) is 0 Å². The Labute approximate surface area is 230 Å². The van der Waals surface area contributed by atoms with Crippen LogP contribution < -0.4 is 15.0 Å². The van der Waals surface area contributed by atoms with Gasteiger partial charge in [-0.2, -0.15) is 9.78 Å². The number of ether oxygens (including phenoxy) is 2. The Kier molecular flexibility index (Phi) is 8.71. The number of hydrogen-bond donors (Lipinski definition) is 0. The largest absolute Gasteiger partial charge is 0.490 e. The Morgan fingerprint density at radius 1 is 1.14 bits per heavy atom. The fraction of sp³-hybridized carbons (Fsp3) is 0.423. The van der Waals surface area contributed by atoms with E-state index in [1.165, 1.54) is 11.1 Å². The van der Waals surface area contributed by atoms with Gasteiger partial charge >= 0.3 is 0 Å². The van der Waals surface area contributed by atoms with Gasteiger partial charge in [0.1, 0.15) is 5.82 Å². The SMILES string of the molecule is CCOc1cc(C=Nn2c(C3CCCCC3)nc3ccc(Br)cc3c2=O)c(Br)c(Br)c1OC(C)C. The van der Waals surface area contributed by atoms with Crippen LogP contribution in [0.4, 0.5) is 0 Å². The minimum absolute atomic E-state index is 0.0171. The van der Waals surface area contributed by atoms with Gasteiger partial charge < -0.3 is 9.47 Å². The first kappa shape index (κ1) is 26.4. The van der Waals surface area contributed by atoms with Gasteiger partial charge in [-0.15, -0.1) is 0 Å². The van der Waals surface area contributed by atoms with E-state index in [9.17, 15) is 4.79 Å². The van der Waals surface area contributed by atoms with E-state index in [2.05, 4.69) is 52.9 Å². The van der Waals surface area contributed by atoms with Crippen molar-refractivity contribution in [3.63, 3.8) is 0 Å². The summed E-state index contributed by atoms with van der Waals surface area (Å²) in [7, 11) is 0. The molecule has 9 heteroatoms. The lowest BCUT2D eigenvalue weighted by Crippen LogP contribution is -2.25. The number of rotatable bonds is 7. The van der Waals surface area contributed by atoms with Gasteiger partial charge in [0.2, 0.25) is 0 Å². The molecule has 0 spiro atoms. The van der Waals surface area contributed by atoms with Crippen LogP contribution >= 0.6 is 47.8 Å². The minimum Gasteiger partial charge on any atom is -0.490 e. The highest BCUT2D eigenvalue weighted by Crippen LogP contribution is 2.43. The van der Waals surface area contributed by atoms with Gasteiger partial charge in [0.25, 0.3) is 5.56 Å². The number of nitrogens with zero attached hydrogens (tertiary/aromatic N) is 3. The third-order valence-electron chi connectivity index (χ3n) is 5.93. The summed E-state index contributed by atoms with van der Waals surface area (Å²) < 4.78 is 15.7. The average Bonchev–Trinajstić information content (AvgIpc) is 2.84. The van der Waals surface area contributed by atoms with E-state index in [-0.39, 0.29) is 17.6 Å². The molecule has 1 fully saturated rings. The summed E-state index contributed by atoms with van der Waals surface area (Å²) in [5.41, 5.74) is 1.28. The molecule has 35 heavy (non-hydrogen) atoms. The number of benzene rings is 2. The van der Waals surface area contributed by atoms with Crippen molar-refractivity contribution in [1.29, 1.82) is 0 Å². The summed E-state index contributed by atoms with van der Waals surface area (Å²) >= 11 is 10.8. The minimum atomic E-state index is -0.173. The van der Waals surface area contributed by atoms with Gasteiger partial charge in [-0.05, 0) is 89.7 Å². The Morgan fingerprint density at radius 3 is 2.57 bits per heavy atom. The smallest absolute Gasteiger partial charge is 0.282 e. The quantitative estimate of drug-likeness (QED) is 0.241. The van der Waals surface area contributed by atoms with Crippen molar-refractivity contribution in [1.82, 2.24) is 9.66 Å². The summed E-state index contributed by atoms with van der Waals surface area (Å²) in [5.74, 6) is 2.17. The average molecular weight is 670 g/mol. The van der Waals surface area contributed by atoms with E-state index in [1.54, 1.807) is 12.3 Å². The number of fused-ring (bicyclic) bond motifs is 1. The summed E-state index contributed by atoms with van der Waals surface area (Å²) in [5, 5.41) is 5.21. The standard InChI is InChI=1S/C26H28Br3N3O3/c1-4-34-21-12-17(22(28)23(29)24(21)35-15(2)3)14-30-32-25(16-8-6-5-7-9-16)31-20-11-10-18(27)13-19(20)26(32)33/h10-16H,4-9H2,1-3H3. The van der Waals surface area contributed by atoms with Crippen molar-refractivity contribution in [3.05, 3.63) is 59.4 Å². The first-order chi connectivity index (χ1) is 16.8. The number of halogens is 3. The van der Waals surface area contributed by atoms with Crippen molar-refractivity contribution in [2.24, 2.45) is 5.10 Å². The zero-order valence-electron chi connectivity index (χ0n) is 20.0. The summed E-state index contributed by atoms with van der Waals surface area (Å²) in [6, 6.07) is 7.48. The maximum atomic E-state index is 13.6. The molecule has 6 nitrogen and oxygen atoms in total. The monoisotopic (exact) mass is 667 g/mol. The van der Waals surface area contributed by atoms with Crippen molar-refractivity contribution >= 4 is 64.9 Å². The molecule has 4 rings (SSSR count). The van der Waals surface area contributed by atoms with Crippen molar-refractivity contribution in [2.45, 2.75) is 64.9 Å². The molecule has 2 aromatic carbocycles. The molecule has 0 aliphatic heterocycles. The molecule has 1 aromatic heterocycles. The highest BCUT2D eigenvalue weighted by Gasteiger charge is 2.23. The summed E-state index contributed by atoms with van der Waals surface area (Å²) in [6.07, 6.45) is 7.17. The molecule has 0 unspecified atom stereocenters. The second kappa shape index (κ2) is 11.6. The molecule has 0 radical (unpaired) electrons. The molecule has 1 saturated carbocycles. The molecule has 0 bridgehead atoms. The molecular formula is C26H28Br3N3O3. The van der Waals surface area contributed by atoms with Gasteiger partial charge in [0.05, 0.1) is 34.3 Å². The van der Waals surface area contributed by atoms with E-state index in [0.717, 1.165) is 50.5 Å². The molecule has 3 aromatic rings. The van der Waals surface area contributed by atoms with E-state index >= 15 is 0 Å². The van der Waals surface area contributed by atoms with E-state index in [0.29, 0.717) is 29.0 Å². The summed E-state index contributed by atoms with van der Waals surface area (Å²) in [4.78, 5) is 18.5. The second-order valence-electron chi connectivity index (χ2n) is 8.85. The predicted octanol–water partition coefficient (Wildman–Crippen LogP) is 7.80. The molecule has 0 atom stereocenters. The zero-order chi connectivity index (χ0) is 25.1. The predicted molar refractivity (Wildman–Crippen MR) is 151 cm³/mol. The molecule has 1 aliphatic carbocycles. The van der Waals surface area contributed by atoms with Gasteiger partial charge in [0, 0.05) is 20.4 Å². The highest BCUT2D eigenvalue weighted by molar-refractivity contribution is 9.13. The van der Waals surface area contributed by atoms with Gasteiger partial charge in [0.15, 0.2) is 11.5 Å². The molecule has 1 heterocycles. The van der Waals surface area contributed by atoms with Gasteiger partial charge in [-0.3, -0.25) is 4.79 Å². The van der Waals surface area contributed by atoms with Gasteiger partial charge in [-0.25, -0.2) is 4.98 Å². The fourth-order valence-electron chi connectivity index (χ4n) is 4.33. The van der Waals surface area contributed by atoms with Gasteiger partial charge in [-0.1, -0.05) is 35.2 Å². The first-order valence-corrected chi connectivity index (χ1v) is 14.3. The second-order valence-corrected chi connectivity index (χ2v) is 11.4. The number of hydrogen-bond acceptors (Lipinski definition) is 5. The van der Waals surface area contributed by atoms with Crippen molar-refractivity contribution in [3.8, 4) is 11.5 Å². The molecular weight excluding hydrogens is 642 g/mol. The molecule has 0 saturated heterocycles. The van der Waals surface area contributed by atoms with Crippen LogP contribution in [0.2, 0.25) is 0 Å². The maximum Gasteiger partial charge on any atom is 0.282 e. The van der Waals surface area contributed by atoms with E-state index < -0.39 is 0 Å². The van der Waals surface area contributed by atoms with Crippen LogP contribution in [0.25, 0.3) is 10.9 Å². The van der Waals surface area contributed by atoms with E-state index in [4.69, 9.17) is 14.5 Å². The van der Waals surface area contributed by atoms with Crippen LogP contribution in [-0.2, 0) is 0 Å². The topological polar surface area (TPSA) is 65.7 Å². The van der Waals surface area contributed by atoms with Crippen molar-refractivity contribution in [2.75, 3.05) is 6.61 Å². The summed E-state index contributed by atoms with van der Waals surface area (Å²) in [6.45, 7) is 6.36. The lowest BCUT2D eigenvalue weighted by atomic mass is 9.88. The molecule has 0 N–H and O–H groups in total. The Bertz CT molecular complexity index is 1310. The Balaban J connectivity index is 1.85. The van der Waals surface area contributed by atoms with Crippen LogP contribution in [0.5, 0.6) is 11.5 Å². The first-order valence-electron chi connectivity index (χ1n) is 11.9. The van der Waals surface area contributed by atoms with Crippen LogP contribution in [0.15, 0.2) is 47.6 Å². The fourth-order valence-corrected chi connectivity index (χ4v) is 5.61. The molecule has 1 aliphatic rings. The lowest BCUT2D eigenvalue weighted by Gasteiger charge is -2.23. The molecule has 0 amide bonds. The Morgan fingerprint density at radius 2 is 1.89 bits per heavy atom. The zero-order valence-corrected chi connectivity index (χ0v) is 24.7. The third-order valence-corrected chi connectivity index (χ3v) is 8.56. The maximum absolute atomic E-state index is 13.6. The third kappa shape index (κ3) is 5.83. The lowest BCUT2D eigenvalue weighted by molar-refractivity contribution is 0.222. The highest BCUT2D eigenvalue weighted by atomic mass is 79.9. The molecule has 186 valence electrons. The Hall–Kier alpha value is -1.71.